The topological polar surface area (TPSA) is 68.0 Å². The van der Waals surface area contributed by atoms with Crippen molar-refractivity contribution >= 4 is 5.97 Å². The van der Waals surface area contributed by atoms with Gasteiger partial charge in [0.2, 0.25) is 0 Å². The molecular weight excluding hydrogens is 206 g/mol. The molecule has 0 radical (unpaired) electrons. The van der Waals surface area contributed by atoms with Crippen LogP contribution in [0.3, 0.4) is 0 Å². The Morgan fingerprint density at radius 2 is 2.12 bits per heavy atom. The largest absolute Gasteiger partial charge is 0.481 e. The van der Waals surface area contributed by atoms with Crippen molar-refractivity contribution in [3.63, 3.8) is 0 Å². The summed E-state index contributed by atoms with van der Waals surface area (Å²) in [4.78, 5) is 10.5. The molecule has 0 amide bonds. The van der Waals surface area contributed by atoms with Crippen LogP contribution in [0.15, 0.2) is 12.7 Å². The Hall–Kier alpha value is -1.39. The first kappa shape index (κ1) is 11.1. The van der Waals surface area contributed by atoms with Crippen LogP contribution in [-0.4, -0.2) is 25.8 Å². The van der Waals surface area contributed by atoms with Crippen LogP contribution in [0.2, 0.25) is 0 Å². The van der Waals surface area contributed by atoms with Gasteiger partial charge in [-0.15, -0.1) is 10.2 Å². The highest BCUT2D eigenvalue weighted by Crippen LogP contribution is 2.34. The Kier molecular flexibility index (Phi) is 3.54. The van der Waals surface area contributed by atoms with Gasteiger partial charge in [0, 0.05) is 12.5 Å². The number of hydrogen-bond donors (Lipinski definition) is 1. The van der Waals surface area contributed by atoms with E-state index in [2.05, 4.69) is 10.2 Å². The molecule has 0 aromatic carbocycles. The van der Waals surface area contributed by atoms with E-state index in [1.165, 1.54) is 6.42 Å². The van der Waals surface area contributed by atoms with Crippen LogP contribution in [0.5, 0.6) is 0 Å². The second-order valence-electron chi connectivity index (χ2n) is 4.53. The number of rotatable bonds is 4. The first-order valence-corrected chi connectivity index (χ1v) is 5.81. The SMILES string of the molecule is O=C(O)CCC1CCCC(n2cnnc2)C1. The van der Waals surface area contributed by atoms with Crippen molar-refractivity contribution in [2.24, 2.45) is 5.92 Å². The minimum Gasteiger partial charge on any atom is -0.481 e. The summed E-state index contributed by atoms with van der Waals surface area (Å²) in [6.45, 7) is 0. The molecule has 0 bridgehead atoms. The Labute approximate surface area is 94.5 Å². The molecule has 2 rings (SSSR count). The van der Waals surface area contributed by atoms with Gasteiger partial charge >= 0.3 is 5.97 Å². The first-order valence-electron chi connectivity index (χ1n) is 5.81. The van der Waals surface area contributed by atoms with Gasteiger partial charge in [-0.3, -0.25) is 4.79 Å². The zero-order chi connectivity index (χ0) is 11.4. The van der Waals surface area contributed by atoms with Crippen LogP contribution in [0.1, 0.15) is 44.6 Å². The Bertz CT molecular complexity index is 337. The average Bonchev–Trinajstić information content (AvgIpc) is 2.80. The van der Waals surface area contributed by atoms with E-state index in [4.69, 9.17) is 5.11 Å². The molecule has 5 nitrogen and oxygen atoms in total. The molecule has 2 atom stereocenters. The molecule has 1 aliphatic rings. The second-order valence-corrected chi connectivity index (χ2v) is 4.53. The summed E-state index contributed by atoms with van der Waals surface area (Å²) in [5.74, 6) is -0.149. The molecular formula is C11H17N3O2. The number of nitrogens with zero attached hydrogens (tertiary/aromatic N) is 3. The minimum absolute atomic E-state index is 0.291. The number of carboxylic acids is 1. The molecule has 0 spiro atoms. The normalized spacial score (nSPS) is 25.5. The van der Waals surface area contributed by atoms with Gasteiger partial charge in [-0.1, -0.05) is 12.8 Å². The van der Waals surface area contributed by atoms with Gasteiger partial charge in [0.1, 0.15) is 12.7 Å². The van der Waals surface area contributed by atoms with E-state index in [1.807, 2.05) is 4.57 Å². The fraction of sp³-hybridized carbons (Fsp3) is 0.727. The number of aromatic nitrogens is 3. The molecule has 0 saturated heterocycles. The van der Waals surface area contributed by atoms with Crippen molar-refractivity contribution in [2.75, 3.05) is 0 Å². The van der Waals surface area contributed by atoms with E-state index in [0.717, 1.165) is 25.7 Å². The van der Waals surface area contributed by atoms with Crippen LogP contribution in [0.4, 0.5) is 0 Å². The van der Waals surface area contributed by atoms with E-state index < -0.39 is 5.97 Å². The molecule has 1 N–H and O–H groups in total. The molecule has 0 aliphatic heterocycles. The average molecular weight is 223 g/mol. The van der Waals surface area contributed by atoms with E-state index in [-0.39, 0.29) is 0 Å². The zero-order valence-electron chi connectivity index (χ0n) is 9.25. The summed E-state index contributed by atoms with van der Waals surface area (Å²) in [5.41, 5.74) is 0. The van der Waals surface area contributed by atoms with Crippen LogP contribution >= 0.6 is 0 Å². The monoisotopic (exact) mass is 223 g/mol. The third kappa shape index (κ3) is 2.81. The third-order valence-corrected chi connectivity index (χ3v) is 3.38. The second kappa shape index (κ2) is 5.09. The maximum Gasteiger partial charge on any atom is 0.303 e. The van der Waals surface area contributed by atoms with Crippen molar-refractivity contribution < 1.29 is 9.90 Å². The van der Waals surface area contributed by atoms with Crippen molar-refractivity contribution in [1.29, 1.82) is 0 Å². The summed E-state index contributed by atoms with van der Waals surface area (Å²) < 4.78 is 2.05. The molecule has 1 fully saturated rings. The summed E-state index contributed by atoms with van der Waals surface area (Å²) in [7, 11) is 0. The van der Waals surface area contributed by atoms with E-state index >= 15 is 0 Å². The van der Waals surface area contributed by atoms with Gasteiger partial charge in [0.15, 0.2) is 0 Å². The summed E-state index contributed by atoms with van der Waals surface area (Å²) >= 11 is 0. The smallest absolute Gasteiger partial charge is 0.303 e. The quantitative estimate of drug-likeness (QED) is 0.846. The van der Waals surface area contributed by atoms with Crippen molar-refractivity contribution in [2.45, 2.75) is 44.6 Å². The van der Waals surface area contributed by atoms with Gasteiger partial charge in [-0.2, -0.15) is 0 Å². The summed E-state index contributed by atoms with van der Waals surface area (Å²) in [6.07, 6.45) is 9.15. The maximum absolute atomic E-state index is 10.5. The molecule has 2 unspecified atom stereocenters. The first-order chi connectivity index (χ1) is 7.75. The van der Waals surface area contributed by atoms with Crippen LogP contribution in [0, 0.1) is 5.92 Å². The lowest BCUT2D eigenvalue weighted by atomic mass is 9.83. The highest BCUT2D eigenvalue weighted by atomic mass is 16.4. The fourth-order valence-corrected chi connectivity index (χ4v) is 2.52. The highest BCUT2D eigenvalue weighted by molar-refractivity contribution is 5.66. The Morgan fingerprint density at radius 1 is 1.38 bits per heavy atom. The molecule has 1 aliphatic carbocycles. The fourth-order valence-electron chi connectivity index (χ4n) is 2.52. The molecule has 1 saturated carbocycles. The molecule has 88 valence electrons. The van der Waals surface area contributed by atoms with Crippen LogP contribution < -0.4 is 0 Å². The number of hydrogen-bond acceptors (Lipinski definition) is 3. The third-order valence-electron chi connectivity index (χ3n) is 3.38. The van der Waals surface area contributed by atoms with E-state index in [0.29, 0.717) is 18.4 Å². The molecule has 1 aromatic heterocycles. The maximum atomic E-state index is 10.5. The van der Waals surface area contributed by atoms with Gasteiger partial charge in [0.05, 0.1) is 0 Å². The predicted molar refractivity (Wildman–Crippen MR) is 57.9 cm³/mol. The van der Waals surface area contributed by atoms with Crippen molar-refractivity contribution in [3.05, 3.63) is 12.7 Å². The van der Waals surface area contributed by atoms with E-state index in [9.17, 15) is 4.79 Å². The standard InChI is InChI=1S/C11H17N3O2/c15-11(16)5-4-9-2-1-3-10(6-9)14-7-12-13-8-14/h7-10H,1-6H2,(H,15,16). The zero-order valence-corrected chi connectivity index (χ0v) is 9.25. The van der Waals surface area contributed by atoms with E-state index in [1.54, 1.807) is 12.7 Å². The van der Waals surface area contributed by atoms with Gasteiger partial charge in [-0.05, 0) is 25.2 Å². The van der Waals surface area contributed by atoms with Crippen molar-refractivity contribution in [1.82, 2.24) is 14.8 Å². The number of aliphatic carboxylic acids is 1. The molecule has 1 heterocycles. The number of carboxylic acid groups (broad SMARTS) is 1. The lowest BCUT2D eigenvalue weighted by Crippen LogP contribution is -2.19. The van der Waals surface area contributed by atoms with Gasteiger partial charge < -0.3 is 9.67 Å². The summed E-state index contributed by atoms with van der Waals surface area (Å²) in [6, 6.07) is 0.461. The predicted octanol–water partition coefficient (Wildman–Crippen LogP) is 1.87. The number of carbonyl (C=O) groups is 1. The van der Waals surface area contributed by atoms with Gasteiger partial charge in [0.25, 0.3) is 0 Å². The minimum atomic E-state index is -0.688. The lowest BCUT2D eigenvalue weighted by molar-refractivity contribution is -0.137. The Morgan fingerprint density at radius 3 is 2.81 bits per heavy atom. The summed E-state index contributed by atoms with van der Waals surface area (Å²) in [5, 5.41) is 16.3. The van der Waals surface area contributed by atoms with Crippen LogP contribution in [0.25, 0.3) is 0 Å². The van der Waals surface area contributed by atoms with Gasteiger partial charge in [-0.25, -0.2) is 0 Å². The lowest BCUT2D eigenvalue weighted by Gasteiger charge is -2.29. The van der Waals surface area contributed by atoms with Crippen LogP contribution in [-0.2, 0) is 4.79 Å². The molecule has 5 heteroatoms. The van der Waals surface area contributed by atoms with Crippen molar-refractivity contribution in [3.8, 4) is 0 Å². The molecule has 1 aromatic rings. The molecule has 16 heavy (non-hydrogen) atoms. The Balaban J connectivity index is 1.87. The highest BCUT2D eigenvalue weighted by Gasteiger charge is 2.23.